The van der Waals surface area contributed by atoms with Crippen molar-refractivity contribution in [1.82, 2.24) is 15.1 Å². The van der Waals surface area contributed by atoms with E-state index in [1.165, 1.54) is 0 Å². The van der Waals surface area contributed by atoms with Gasteiger partial charge in [-0.15, -0.1) is 0 Å². The van der Waals surface area contributed by atoms with Crippen LogP contribution >= 0.6 is 0 Å². The van der Waals surface area contributed by atoms with Crippen LogP contribution in [-0.4, -0.2) is 87.6 Å². The quantitative estimate of drug-likeness (QED) is 0.516. The van der Waals surface area contributed by atoms with Gasteiger partial charge in [0.2, 0.25) is 0 Å². The minimum Gasteiger partial charge on any atom is -0.394 e. The fraction of sp³-hybridized carbons (Fsp3) is 1.00. The molecule has 1 heterocycles. The standard InChI is InChI=1S/C11H25N3O2/c1-13(8-10-16-11-9-15)6-7-14-4-2-12-3-5-14/h12,15H,2-11H2,1H3. The molecule has 2 N–H and O–H groups in total. The number of aliphatic hydroxyl groups is 1. The van der Waals surface area contributed by atoms with Gasteiger partial charge >= 0.3 is 0 Å². The van der Waals surface area contributed by atoms with E-state index in [1.54, 1.807) is 0 Å². The van der Waals surface area contributed by atoms with Gasteiger partial charge in [0, 0.05) is 45.8 Å². The number of nitrogens with one attached hydrogen (secondary N) is 1. The van der Waals surface area contributed by atoms with Gasteiger partial charge in [0.05, 0.1) is 19.8 Å². The molecule has 0 bridgehead atoms. The summed E-state index contributed by atoms with van der Waals surface area (Å²) in [6.07, 6.45) is 0. The average molecular weight is 231 g/mol. The number of nitrogens with zero attached hydrogens (tertiary/aromatic N) is 2. The first-order chi connectivity index (χ1) is 7.83. The predicted molar refractivity (Wildman–Crippen MR) is 64.7 cm³/mol. The molecular weight excluding hydrogens is 206 g/mol. The Kier molecular flexibility index (Phi) is 7.71. The van der Waals surface area contributed by atoms with Crippen LogP contribution in [-0.2, 0) is 4.74 Å². The monoisotopic (exact) mass is 231 g/mol. The van der Waals surface area contributed by atoms with E-state index in [0.29, 0.717) is 13.2 Å². The molecule has 0 spiro atoms. The van der Waals surface area contributed by atoms with E-state index < -0.39 is 0 Å². The molecule has 1 fully saturated rings. The first-order valence-electron chi connectivity index (χ1n) is 6.13. The van der Waals surface area contributed by atoms with Crippen LogP contribution in [0.2, 0.25) is 0 Å². The lowest BCUT2D eigenvalue weighted by molar-refractivity contribution is 0.0760. The largest absolute Gasteiger partial charge is 0.394 e. The molecular formula is C11H25N3O2. The second-order valence-electron chi connectivity index (χ2n) is 4.23. The van der Waals surface area contributed by atoms with Crippen molar-refractivity contribution in [1.29, 1.82) is 0 Å². The van der Waals surface area contributed by atoms with Crippen LogP contribution in [0.15, 0.2) is 0 Å². The SMILES string of the molecule is CN(CCOCCO)CCN1CCNCC1. The third-order valence-electron chi connectivity index (χ3n) is 2.86. The van der Waals surface area contributed by atoms with Crippen LogP contribution < -0.4 is 5.32 Å². The fourth-order valence-corrected chi connectivity index (χ4v) is 1.75. The molecule has 0 aromatic heterocycles. The number of hydrogen-bond donors (Lipinski definition) is 2. The highest BCUT2D eigenvalue weighted by molar-refractivity contribution is 4.68. The summed E-state index contributed by atoms with van der Waals surface area (Å²) in [5.41, 5.74) is 0. The number of rotatable bonds is 8. The molecule has 96 valence electrons. The van der Waals surface area contributed by atoms with Gasteiger partial charge in [-0.1, -0.05) is 0 Å². The molecule has 0 unspecified atom stereocenters. The highest BCUT2D eigenvalue weighted by Crippen LogP contribution is 1.93. The topological polar surface area (TPSA) is 48.0 Å². The zero-order valence-electron chi connectivity index (χ0n) is 10.3. The Morgan fingerprint density at radius 1 is 1.25 bits per heavy atom. The molecule has 1 aliphatic rings. The molecule has 0 aromatic rings. The Hall–Kier alpha value is -0.200. The summed E-state index contributed by atoms with van der Waals surface area (Å²) in [5, 5.41) is 11.9. The Labute approximate surface area is 98.4 Å². The van der Waals surface area contributed by atoms with Crippen molar-refractivity contribution in [3.63, 3.8) is 0 Å². The Balaban J connectivity index is 1.94. The molecule has 16 heavy (non-hydrogen) atoms. The second kappa shape index (κ2) is 8.90. The molecule has 0 amide bonds. The molecule has 0 atom stereocenters. The van der Waals surface area contributed by atoms with E-state index in [1.807, 2.05) is 0 Å². The summed E-state index contributed by atoms with van der Waals surface area (Å²) in [7, 11) is 2.12. The van der Waals surface area contributed by atoms with Crippen molar-refractivity contribution in [2.24, 2.45) is 0 Å². The first kappa shape index (κ1) is 13.9. The third kappa shape index (κ3) is 6.40. The van der Waals surface area contributed by atoms with Crippen molar-refractivity contribution in [3.8, 4) is 0 Å². The van der Waals surface area contributed by atoms with Crippen molar-refractivity contribution in [3.05, 3.63) is 0 Å². The van der Waals surface area contributed by atoms with E-state index in [-0.39, 0.29) is 6.61 Å². The molecule has 0 saturated carbocycles. The maximum absolute atomic E-state index is 8.55. The Morgan fingerprint density at radius 3 is 2.69 bits per heavy atom. The zero-order chi connectivity index (χ0) is 11.6. The summed E-state index contributed by atoms with van der Waals surface area (Å²) in [6.45, 7) is 8.98. The predicted octanol–water partition coefficient (Wildman–Crippen LogP) is -1.17. The summed E-state index contributed by atoms with van der Waals surface area (Å²) in [6, 6.07) is 0. The Bertz CT molecular complexity index is 163. The first-order valence-corrected chi connectivity index (χ1v) is 6.13. The van der Waals surface area contributed by atoms with Gasteiger partial charge in [-0.3, -0.25) is 4.90 Å². The number of ether oxygens (including phenoxy) is 1. The maximum Gasteiger partial charge on any atom is 0.0698 e. The van der Waals surface area contributed by atoms with Gasteiger partial charge in [-0.25, -0.2) is 0 Å². The molecule has 1 saturated heterocycles. The molecule has 0 aromatic carbocycles. The van der Waals surface area contributed by atoms with Crippen LogP contribution in [0.1, 0.15) is 0 Å². The highest BCUT2D eigenvalue weighted by atomic mass is 16.5. The molecule has 1 rings (SSSR count). The van der Waals surface area contributed by atoms with Crippen LogP contribution in [0, 0.1) is 0 Å². The van der Waals surface area contributed by atoms with E-state index in [4.69, 9.17) is 9.84 Å². The van der Waals surface area contributed by atoms with E-state index in [2.05, 4.69) is 22.2 Å². The van der Waals surface area contributed by atoms with E-state index in [0.717, 1.165) is 45.8 Å². The molecule has 1 aliphatic heterocycles. The second-order valence-corrected chi connectivity index (χ2v) is 4.23. The van der Waals surface area contributed by atoms with Gasteiger partial charge in [0.1, 0.15) is 0 Å². The normalized spacial score (nSPS) is 18.2. The van der Waals surface area contributed by atoms with Gasteiger partial charge in [0.15, 0.2) is 0 Å². The number of hydrogen-bond acceptors (Lipinski definition) is 5. The van der Waals surface area contributed by atoms with Gasteiger partial charge in [0.25, 0.3) is 0 Å². The van der Waals surface area contributed by atoms with Crippen LogP contribution in [0.5, 0.6) is 0 Å². The lowest BCUT2D eigenvalue weighted by Crippen LogP contribution is -2.46. The smallest absolute Gasteiger partial charge is 0.0698 e. The molecule has 0 aliphatic carbocycles. The van der Waals surface area contributed by atoms with E-state index in [9.17, 15) is 0 Å². The molecule has 5 heteroatoms. The minimum absolute atomic E-state index is 0.116. The summed E-state index contributed by atoms with van der Waals surface area (Å²) >= 11 is 0. The van der Waals surface area contributed by atoms with Gasteiger partial charge in [-0.05, 0) is 7.05 Å². The molecule has 5 nitrogen and oxygen atoms in total. The Morgan fingerprint density at radius 2 is 2.00 bits per heavy atom. The number of likely N-dealkylation sites (N-methyl/N-ethyl adjacent to an activating group) is 1. The lowest BCUT2D eigenvalue weighted by atomic mass is 10.3. The van der Waals surface area contributed by atoms with Crippen LogP contribution in [0.4, 0.5) is 0 Å². The van der Waals surface area contributed by atoms with Crippen LogP contribution in [0.25, 0.3) is 0 Å². The summed E-state index contributed by atoms with van der Waals surface area (Å²) in [5.74, 6) is 0. The van der Waals surface area contributed by atoms with Gasteiger partial charge in [-0.2, -0.15) is 0 Å². The number of piperazine rings is 1. The lowest BCUT2D eigenvalue weighted by Gasteiger charge is -2.29. The van der Waals surface area contributed by atoms with Crippen LogP contribution in [0.3, 0.4) is 0 Å². The van der Waals surface area contributed by atoms with Crippen molar-refractivity contribution in [2.75, 3.05) is 72.7 Å². The third-order valence-corrected chi connectivity index (χ3v) is 2.86. The summed E-state index contributed by atoms with van der Waals surface area (Å²) < 4.78 is 5.23. The fourth-order valence-electron chi connectivity index (χ4n) is 1.75. The molecule has 0 radical (unpaired) electrons. The van der Waals surface area contributed by atoms with Crippen molar-refractivity contribution >= 4 is 0 Å². The summed E-state index contributed by atoms with van der Waals surface area (Å²) in [4.78, 5) is 4.76. The van der Waals surface area contributed by atoms with E-state index >= 15 is 0 Å². The average Bonchev–Trinajstić information content (AvgIpc) is 2.33. The highest BCUT2D eigenvalue weighted by Gasteiger charge is 2.09. The maximum atomic E-state index is 8.55. The minimum atomic E-state index is 0.116. The van der Waals surface area contributed by atoms with Gasteiger partial charge < -0.3 is 20.1 Å². The number of aliphatic hydroxyl groups excluding tert-OH is 1. The zero-order valence-corrected chi connectivity index (χ0v) is 10.3. The van der Waals surface area contributed by atoms with Crippen molar-refractivity contribution in [2.45, 2.75) is 0 Å². The van der Waals surface area contributed by atoms with Crippen molar-refractivity contribution < 1.29 is 9.84 Å².